The molecular weight excluding hydrogens is 620 g/mol. The highest BCUT2D eigenvalue weighted by atomic mass is 79.9. The molecule has 12 nitrogen and oxygen atoms in total. The first-order valence-electron chi connectivity index (χ1n) is 12.2. The van der Waals surface area contributed by atoms with E-state index in [1.165, 1.54) is 20.4 Å². The van der Waals surface area contributed by atoms with Crippen LogP contribution in [0.3, 0.4) is 0 Å². The van der Waals surface area contributed by atoms with E-state index >= 15 is 0 Å². The van der Waals surface area contributed by atoms with E-state index in [4.69, 9.17) is 31.2 Å². The second-order valence-electron chi connectivity index (χ2n) is 8.31. The number of carbonyl (C=O) groups excluding carboxylic acids is 3. The maximum Gasteiger partial charge on any atom is 0.343 e. The molecule has 1 aliphatic heterocycles. The van der Waals surface area contributed by atoms with E-state index in [0.717, 1.165) is 0 Å². The number of hydrazone groups is 1. The average Bonchev–Trinajstić information content (AvgIpc) is 2.94. The zero-order valence-electron chi connectivity index (χ0n) is 22.7. The van der Waals surface area contributed by atoms with Crippen LogP contribution in [0.1, 0.15) is 31.0 Å². The van der Waals surface area contributed by atoms with Crippen LogP contribution in [0.15, 0.2) is 57.2 Å². The SMILES string of the molecule is CCOC(=O)C1=C(C)NC(=S)N[C@H]1c1ccccc1OCC(=O)NN=Cc1cc(Br)c(OCC(=O)OC)c(OC)c1. The number of hydrogen-bond donors (Lipinski definition) is 3. The van der Waals surface area contributed by atoms with Gasteiger partial charge in [-0.2, -0.15) is 5.10 Å². The Labute approximate surface area is 250 Å². The lowest BCUT2D eigenvalue weighted by molar-refractivity contribution is -0.143. The smallest absolute Gasteiger partial charge is 0.343 e. The fourth-order valence-electron chi connectivity index (χ4n) is 3.76. The van der Waals surface area contributed by atoms with Gasteiger partial charge in [-0.1, -0.05) is 18.2 Å². The van der Waals surface area contributed by atoms with Crippen LogP contribution in [0, 0.1) is 0 Å². The third-order valence-electron chi connectivity index (χ3n) is 5.57. The molecule has 0 unspecified atom stereocenters. The maximum absolute atomic E-state index is 12.7. The first kappa shape index (κ1) is 31.4. The van der Waals surface area contributed by atoms with Crippen LogP contribution in [0.5, 0.6) is 17.2 Å². The van der Waals surface area contributed by atoms with Crippen LogP contribution in [-0.4, -0.2) is 63.2 Å². The number of ether oxygens (including phenoxy) is 5. The van der Waals surface area contributed by atoms with Crippen molar-refractivity contribution in [3.05, 3.63) is 63.3 Å². The standard InChI is InChI=1S/C27H29BrN4O8S/c1-5-38-26(35)23-15(2)30-27(41)31-24(23)17-8-6-7-9-19(17)39-13-21(33)32-29-12-16-10-18(28)25(20(11-16)36-3)40-14-22(34)37-4/h6-12,24H,5,13-14H2,1-4H3,(H,32,33)(H2,30,31,41)/t24-/m0/s1. The molecule has 0 saturated carbocycles. The minimum atomic E-state index is -0.645. The van der Waals surface area contributed by atoms with Gasteiger partial charge in [-0.3, -0.25) is 4.79 Å². The van der Waals surface area contributed by atoms with E-state index in [-0.39, 0.29) is 19.8 Å². The van der Waals surface area contributed by atoms with E-state index < -0.39 is 23.9 Å². The van der Waals surface area contributed by atoms with Crippen molar-refractivity contribution in [1.82, 2.24) is 16.1 Å². The number of benzene rings is 2. The molecule has 41 heavy (non-hydrogen) atoms. The topological polar surface area (TPSA) is 146 Å². The van der Waals surface area contributed by atoms with E-state index in [1.807, 2.05) is 0 Å². The van der Waals surface area contributed by atoms with Crippen LogP contribution >= 0.6 is 28.1 Å². The van der Waals surface area contributed by atoms with Gasteiger partial charge in [0.25, 0.3) is 5.91 Å². The normalized spacial score (nSPS) is 14.6. The molecule has 1 atom stereocenters. The van der Waals surface area contributed by atoms with E-state index in [0.29, 0.717) is 49.2 Å². The summed E-state index contributed by atoms with van der Waals surface area (Å²) in [6.45, 7) is 3.02. The maximum atomic E-state index is 12.7. The van der Waals surface area contributed by atoms with Crippen molar-refractivity contribution in [2.75, 3.05) is 34.0 Å². The van der Waals surface area contributed by atoms with Gasteiger partial charge in [0.15, 0.2) is 29.8 Å². The number of para-hydroxylation sites is 1. The minimum absolute atomic E-state index is 0.211. The van der Waals surface area contributed by atoms with Crippen LogP contribution in [0.4, 0.5) is 0 Å². The first-order chi connectivity index (χ1) is 19.7. The molecule has 2 aromatic carbocycles. The Bertz CT molecular complexity index is 1380. The summed E-state index contributed by atoms with van der Waals surface area (Å²) < 4.78 is 26.9. The highest BCUT2D eigenvalue weighted by Crippen LogP contribution is 2.36. The first-order valence-corrected chi connectivity index (χ1v) is 13.4. The Morgan fingerprint density at radius 3 is 2.59 bits per heavy atom. The van der Waals surface area contributed by atoms with Crippen molar-refractivity contribution in [1.29, 1.82) is 0 Å². The van der Waals surface area contributed by atoms with Gasteiger partial charge in [-0.15, -0.1) is 0 Å². The molecule has 0 saturated heterocycles. The lowest BCUT2D eigenvalue weighted by Crippen LogP contribution is -2.45. The number of hydrogen-bond acceptors (Lipinski definition) is 10. The molecule has 14 heteroatoms. The van der Waals surface area contributed by atoms with Crippen molar-refractivity contribution in [2.45, 2.75) is 19.9 Å². The predicted octanol–water partition coefficient (Wildman–Crippen LogP) is 2.89. The molecular formula is C27H29BrN4O8S. The molecule has 1 amide bonds. The van der Waals surface area contributed by atoms with Crippen molar-refractivity contribution >= 4 is 57.3 Å². The van der Waals surface area contributed by atoms with Crippen LogP contribution < -0.4 is 30.3 Å². The molecule has 0 spiro atoms. The molecule has 2 aromatic rings. The molecule has 1 aliphatic rings. The van der Waals surface area contributed by atoms with Gasteiger partial charge < -0.3 is 34.3 Å². The number of amides is 1. The van der Waals surface area contributed by atoms with Gasteiger partial charge in [0.2, 0.25) is 0 Å². The van der Waals surface area contributed by atoms with Gasteiger partial charge in [-0.05, 0) is 65.8 Å². The van der Waals surface area contributed by atoms with E-state index in [2.05, 4.69) is 41.8 Å². The monoisotopic (exact) mass is 648 g/mol. The molecule has 0 bridgehead atoms. The summed E-state index contributed by atoms with van der Waals surface area (Å²) >= 11 is 8.67. The predicted molar refractivity (Wildman–Crippen MR) is 157 cm³/mol. The molecule has 218 valence electrons. The molecule has 1 heterocycles. The van der Waals surface area contributed by atoms with Gasteiger partial charge >= 0.3 is 11.9 Å². The third-order valence-corrected chi connectivity index (χ3v) is 6.38. The Balaban J connectivity index is 1.68. The lowest BCUT2D eigenvalue weighted by atomic mass is 9.95. The minimum Gasteiger partial charge on any atom is -0.493 e. The van der Waals surface area contributed by atoms with Crippen molar-refractivity contribution in [3.8, 4) is 17.2 Å². The van der Waals surface area contributed by atoms with E-state index in [9.17, 15) is 14.4 Å². The number of thiocarbonyl (C=S) groups is 1. The largest absolute Gasteiger partial charge is 0.493 e. The van der Waals surface area contributed by atoms with Gasteiger partial charge in [-0.25, -0.2) is 15.0 Å². The number of esters is 2. The summed E-state index contributed by atoms with van der Waals surface area (Å²) in [7, 11) is 2.71. The number of carbonyl (C=O) groups is 3. The Kier molecular flexibility index (Phi) is 11.5. The quantitative estimate of drug-likeness (QED) is 0.135. The zero-order chi connectivity index (χ0) is 29.9. The summed E-state index contributed by atoms with van der Waals surface area (Å²) in [5.41, 5.74) is 4.50. The second-order valence-corrected chi connectivity index (χ2v) is 9.57. The van der Waals surface area contributed by atoms with Crippen LogP contribution in [-0.2, 0) is 23.9 Å². The molecule has 3 rings (SSSR count). The highest BCUT2D eigenvalue weighted by Gasteiger charge is 2.32. The number of methoxy groups -OCH3 is 2. The fraction of sp³-hybridized carbons (Fsp3) is 0.296. The Morgan fingerprint density at radius 2 is 1.88 bits per heavy atom. The summed E-state index contributed by atoms with van der Waals surface area (Å²) in [4.78, 5) is 36.6. The van der Waals surface area contributed by atoms with Gasteiger partial charge in [0.1, 0.15) is 5.75 Å². The summed E-state index contributed by atoms with van der Waals surface area (Å²) in [6.07, 6.45) is 1.41. The van der Waals surface area contributed by atoms with Crippen LogP contribution in [0.25, 0.3) is 0 Å². The van der Waals surface area contributed by atoms with Crippen LogP contribution in [0.2, 0.25) is 0 Å². The fourth-order valence-corrected chi connectivity index (χ4v) is 4.60. The van der Waals surface area contributed by atoms with Crippen molar-refractivity contribution < 1.29 is 38.1 Å². The molecule has 0 radical (unpaired) electrons. The number of rotatable bonds is 12. The number of nitrogens with zero attached hydrogens (tertiary/aromatic N) is 1. The number of halogens is 1. The Hall–Kier alpha value is -4.17. The summed E-state index contributed by atoms with van der Waals surface area (Å²) in [5, 5.41) is 10.3. The lowest BCUT2D eigenvalue weighted by Gasteiger charge is -2.30. The highest BCUT2D eigenvalue weighted by molar-refractivity contribution is 9.10. The summed E-state index contributed by atoms with van der Waals surface area (Å²) in [5.74, 6) is -0.532. The van der Waals surface area contributed by atoms with Crippen molar-refractivity contribution in [3.63, 3.8) is 0 Å². The number of allylic oxidation sites excluding steroid dienone is 1. The molecule has 0 fully saturated rings. The van der Waals surface area contributed by atoms with Gasteiger partial charge in [0.05, 0.1) is 43.1 Å². The second kappa shape index (κ2) is 15.0. The summed E-state index contributed by atoms with van der Waals surface area (Å²) in [6, 6.07) is 9.64. The van der Waals surface area contributed by atoms with Crippen molar-refractivity contribution in [2.24, 2.45) is 5.10 Å². The third kappa shape index (κ3) is 8.41. The molecule has 0 aromatic heterocycles. The molecule has 3 N–H and O–H groups in total. The number of nitrogens with one attached hydrogen (secondary N) is 3. The zero-order valence-corrected chi connectivity index (χ0v) is 25.1. The molecule has 0 aliphatic carbocycles. The van der Waals surface area contributed by atoms with E-state index in [1.54, 1.807) is 50.2 Å². The average molecular weight is 650 g/mol. The Morgan fingerprint density at radius 1 is 1.12 bits per heavy atom. The van der Waals surface area contributed by atoms with Gasteiger partial charge in [0, 0.05) is 11.3 Å².